The first-order chi connectivity index (χ1) is 15.3. The number of anilines is 1. The number of hydrogen-bond acceptors (Lipinski definition) is 5. The molecule has 9 heteroatoms. The predicted molar refractivity (Wildman–Crippen MR) is 121 cm³/mol. The van der Waals surface area contributed by atoms with Gasteiger partial charge in [-0.3, -0.25) is 9.59 Å². The van der Waals surface area contributed by atoms with Crippen molar-refractivity contribution in [2.45, 2.75) is 55.5 Å². The van der Waals surface area contributed by atoms with Gasteiger partial charge < -0.3 is 4.74 Å². The number of rotatable bonds is 6. The molecule has 1 saturated carbocycles. The lowest BCUT2D eigenvalue weighted by Crippen LogP contribution is -2.51. The van der Waals surface area contributed by atoms with Gasteiger partial charge in [0.25, 0.3) is 5.91 Å². The van der Waals surface area contributed by atoms with Gasteiger partial charge in [0, 0.05) is 11.1 Å². The molecule has 1 heterocycles. The van der Waals surface area contributed by atoms with Crippen LogP contribution in [0.2, 0.25) is 5.02 Å². The average Bonchev–Trinajstić information content (AvgIpc) is 3.08. The fourth-order valence-corrected chi connectivity index (χ4v) is 6.45. The number of benzene rings is 2. The van der Waals surface area contributed by atoms with Crippen LogP contribution in [-0.4, -0.2) is 43.7 Å². The van der Waals surface area contributed by atoms with E-state index in [4.69, 9.17) is 16.3 Å². The van der Waals surface area contributed by atoms with Crippen molar-refractivity contribution in [1.29, 1.82) is 0 Å². The van der Waals surface area contributed by atoms with Crippen LogP contribution in [0.3, 0.4) is 0 Å². The number of hydrogen-bond donors (Lipinski definition) is 0. The van der Waals surface area contributed by atoms with Gasteiger partial charge in [-0.2, -0.15) is 4.31 Å². The van der Waals surface area contributed by atoms with Gasteiger partial charge in [0.1, 0.15) is 11.8 Å². The number of halogens is 1. The summed E-state index contributed by atoms with van der Waals surface area (Å²) in [7, 11) is -2.51. The highest BCUT2D eigenvalue weighted by Crippen LogP contribution is 2.35. The highest BCUT2D eigenvalue weighted by Gasteiger charge is 2.49. The van der Waals surface area contributed by atoms with E-state index in [0.29, 0.717) is 29.3 Å². The third-order valence-corrected chi connectivity index (χ3v) is 8.31. The lowest BCUT2D eigenvalue weighted by atomic mass is 9.94. The Bertz CT molecular complexity index is 1100. The molecule has 1 aliphatic carbocycles. The van der Waals surface area contributed by atoms with Crippen LogP contribution in [0.4, 0.5) is 5.69 Å². The minimum Gasteiger partial charge on any atom is -0.497 e. The maximum absolute atomic E-state index is 13.7. The van der Waals surface area contributed by atoms with Crippen LogP contribution in [0.25, 0.3) is 0 Å². The molecule has 1 atom stereocenters. The zero-order valence-corrected chi connectivity index (χ0v) is 19.3. The molecule has 7 nitrogen and oxygen atoms in total. The van der Waals surface area contributed by atoms with E-state index >= 15 is 0 Å². The number of carbonyl (C=O) groups is 2. The lowest BCUT2D eigenvalue weighted by molar-refractivity contribution is -0.122. The van der Waals surface area contributed by atoms with Crippen LogP contribution in [0, 0.1) is 0 Å². The molecule has 0 aromatic heterocycles. The molecule has 0 spiro atoms. The molecule has 1 unspecified atom stereocenters. The predicted octanol–water partition coefficient (Wildman–Crippen LogP) is 4.00. The van der Waals surface area contributed by atoms with E-state index in [0.717, 1.165) is 24.2 Å². The largest absolute Gasteiger partial charge is 0.497 e. The molecule has 2 aromatic rings. The number of methoxy groups -OCH3 is 1. The molecule has 1 saturated heterocycles. The van der Waals surface area contributed by atoms with E-state index < -0.39 is 27.9 Å². The van der Waals surface area contributed by atoms with E-state index in [1.54, 1.807) is 36.4 Å². The Morgan fingerprint density at radius 2 is 1.59 bits per heavy atom. The summed E-state index contributed by atoms with van der Waals surface area (Å²) in [6.45, 7) is 0. The highest BCUT2D eigenvalue weighted by molar-refractivity contribution is 7.89. The smallest absolute Gasteiger partial charge is 0.252 e. The maximum Gasteiger partial charge on any atom is 0.252 e. The summed E-state index contributed by atoms with van der Waals surface area (Å²) in [5.41, 5.74) is 0.386. The van der Waals surface area contributed by atoms with Gasteiger partial charge in [0.05, 0.1) is 24.1 Å². The van der Waals surface area contributed by atoms with Crippen LogP contribution in [-0.2, 0) is 19.6 Å². The molecule has 1 aliphatic heterocycles. The first kappa shape index (κ1) is 22.8. The second-order valence-electron chi connectivity index (χ2n) is 8.07. The number of amides is 2. The van der Waals surface area contributed by atoms with E-state index in [1.165, 1.54) is 23.5 Å². The Morgan fingerprint density at radius 1 is 0.969 bits per heavy atom. The second-order valence-corrected chi connectivity index (χ2v) is 10.3. The quantitative estimate of drug-likeness (QED) is 0.588. The third-order valence-electron chi connectivity index (χ3n) is 6.08. The zero-order chi connectivity index (χ0) is 22.9. The van der Waals surface area contributed by atoms with E-state index in [-0.39, 0.29) is 17.4 Å². The Morgan fingerprint density at radius 3 is 2.19 bits per heavy atom. The molecule has 0 N–H and O–H groups in total. The topological polar surface area (TPSA) is 84.0 Å². The van der Waals surface area contributed by atoms with Crippen LogP contribution >= 0.6 is 11.6 Å². The molecule has 0 radical (unpaired) electrons. The fraction of sp³-hybridized carbons (Fsp3) is 0.391. The number of nitrogens with zero attached hydrogens (tertiary/aromatic N) is 2. The molecule has 0 bridgehead atoms. The highest BCUT2D eigenvalue weighted by atomic mass is 35.5. The molecule has 4 rings (SSSR count). The minimum absolute atomic E-state index is 0.0778. The molecular formula is C23H25ClN2O5S. The number of sulfonamides is 1. The van der Waals surface area contributed by atoms with Crippen molar-refractivity contribution in [2.75, 3.05) is 12.0 Å². The van der Waals surface area contributed by atoms with E-state index in [2.05, 4.69) is 0 Å². The van der Waals surface area contributed by atoms with Crippen LogP contribution in [0.1, 0.15) is 38.5 Å². The zero-order valence-electron chi connectivity index (χ0n) is 17.7. The summed E-state index contributed by atoms with van der Waals surface area (Å²) in [5, 5.41) is 0.482. The number of carbonyl (C=O) groups excluding carboxylic acids is 2. The Balaban J connectivity index is 1.72. The van der Waals surface area contributed by atoms with Crippen molar-refractivity contribution in [3.8, 4) is 5.75 Å². The van der Waals surface area contributed by atoms with E-state index in [9.17, 15) is 18.0 Å². The van der Waals surface area contributed by atoms with Gasteiger partial charge in [-0.25, -0.2) is 13.3 Å². The van der Waals surface area contributed by atoms with Gasteiger partial charge in [-0.1, -0.05) is 30.9 Å². The third kappa shape index (κ3) is 4.27. The Hall–Kier alpha value is -2.42. The SMILES string of the molecule is COc1ccc(S(=O)(=O)N(C2CCCCC2)C2CC(=O)N(c3ccc(Cl)cc3)C2=O)cc1. The minimum atomic E-state index is -4.02. The summed E-state index contributed by atoms with van der Waals surface area (Å²) >= 11 is 5.94. The fourth-order valence-electron chi connectivity index (χ4n) is 4.50. The second kappa shape index (κ2) is 9.21. The van der Waals surface area contributed by atoms with E-state index in [1.807, 2.05) is 0 Å². The van der Waals surface area contributed by atoms with Gasteiger partial charge in [0.15, 0.2) is 0 Å². The maximum atomic E-state index is 13.7. The summed E-state index contributed by atoms with van der Waals surface area (Å²) in [6.07, 6.45) is 3.93. The Labute approximate surface area is 193 Å². The number of imide groups is 1. The standard InChI is InChI=1S/C23H25ClN2O5S/c1-31-19-11-13-20(14-12-19)32(29,30)26(18-5-3-2-4-6-18)21-15-22(27)25(23(21)28)17-9-7-16(24)8-10-17/h7-14,18,21H,2-6,15H2,1H3. The Kier molecular flexibility index (Phi) is 6.55. The summed E-state index contributed by atoms with van der Waals surface area (Å²) < 4.78 is 33.9. The molecule has 32 heavy (non-hydrogen) atoms. The molecule has 2 aliphatic rings. The molecule has 2 fully saturated rings. The van der Waals surface area contributed by atoms with Crippen molar-refractivity contribution in [1.82, 2.24) is 4.31 Å². The van der Waals surface area contributed by atoms with Crippen molar-refractivity contribution < 1.29 is 22.7 Å². The van der Waals surface area contributed by atoms with Crippen molar-refractivity contribution in [2.24, 2.45) is 0 Å². The van der Waals surface area contributed by atoms with Crippen LogP contribution in [0.15, 0.2) is 53.4 Å². The average molecular weight is 477 g/mol. The molecular weight excluding hydrogens is 452 g/mol. The van der Waals surface area contributed by atoms with Crippen molar-refractivity contribution >= 4 is 39.1 Å². The van der Waals surface area contributed by atoms with Crippen LogP contribution in [0.5, 0.6) is 5.75 Å². The first-order valence-corrected chi connectivity index (χ1v) is 12.4. The summed E-state index contributed by atoms with van der Waals surface area (Å²) in [6, 6.07) is 11.1. The molecule has 2 amide bonds. The monoisotopic (exact) mass is 476 g/mol. The van der Waals surface area contributed by atoms with Crippen molar-refractivity contribution in [3.63, 3.8) is 0 Å². The van der Waals surface area contributed by atoms with Crippen LogP contribution < -0.4 is 9.64 Å². The molecule has 170 valence electrons. The number of ether oxygens (including phenoxy) is 1. The van der Waals surface area contributed by atoms with Gasteiger partial charge in [-0.15, -0.1) is 0 Å². The van der Waals surface area contributed by atoms with Gasteiger partial charge >= 0.3 is 0 Å². The van der Waals surface area contributed by atoms with Crippen molar-refractivity contribution in [3.05, 3.63) is 53.6 Å². The summed E-state index contributed by atoms with van der Waals surface area (Å²) in [5.74, 6) is -0.415. The van der Waals surface area contributed by atoms with Gasteiger partial charge in [-0.05, 0) is 61.4 Å². The summed E-state index contributed by atoms with van der Waals surface area (Å²) in [4.78, 5) is 27.4. The molecule has 2 aromatic carbocycles. The normalized spacial score (nSPS) is 20.2. The van der Waals surface area contributed by atoms with Gasteiger partial charge in [0.2, 0.25) is 15.9 Å². The lowest BCUT2D eigenvalue weighted by Gasteiger charge is -2.36. The first-order valence-electron chi connectivity index (χ1n) is 10.6.